The van der Waals surface area contributed by atoms with E-state index in [-0.39, 0.29) is 0 Å². The van der Waals surface area contributed by atoms with Crippen molar-refractivity contribution in [3.8, 4) is 0 Å². The van der Waals surface area contributed by atoms with Gasteiger partial charge >= 0.3 is 5.97 Å². The van der Waals surface area contributed by atoms with Gasteiger partial charge in [0, 0.05) is 6.54 Å². The molecular weight excluding hydrogens is 238 g/mol. The van der Waals surface area contributed by atoms with Crippen molar-refractivity contribution in [3.63, 3.8) is 0 Å². The van der Waals surface area contributed by atoms with Crippen molar-refractivity contribution in [3.05, 3.63) is 34.4 Å². The van der Waals surface area contributed by atoms with Gasteiger partial charge in [0.25, 0.3) is 0 Å². The van der Waals surface area contributed by atoms with E-state index < -0.39 is 11.5 Å². The molecule has 1 N–H and O–H groups in total. The highest BCUT2D eigenvalue weighted by molar-refractivity contribution is 5.77. The normalized spacial score (nSPS) is 11.9. The highest BCUT2D eigenvalue weighted by Crippen LogP contribution is 2.19. The minimum atomic E-state index is -0.826. The van der Waals surface area contributed by atoms with Crippen LogP contribution in [0.15, 0.2) is 12.1 Å². The summed E-state index contributed by atoms with van der Waals surface area (Å²) in [7, 11) is 1.87. The van der Waals surface area contributed by atoms with Crippen LogP contribution < -0.4 is 0 Å². The van der Waals surface area contributed by atoms with Crippen molar-refractivity contribution in [2.45, 2.75) is 46.6 Å². The van der Waals surface area contributed by atoms with Gasteiger partial charge in [-0.1, -0.05) is 12.1 Å². The van der Waals surface area contributed by atoms with Crippen molar-refractivity contribution in [1.82, 2.24) is 4.90 Å². The number of hydrogen-bond donors (Lipinski definition) is 1. The van der Waals surface area contributed by atoms with E-state index in [1.807, 2.05) is 11.9 Å². The SMILES string of the molecule is Cc1ccc(CCN(C)C(C)(C)C(=O)O)c(C)c1C. The first-order chi connectivity index (χ1) is 8.67. The van der Waals surface area contributed by atoms with Crippen LogP contribution in [0.2, 0.25) is 0 Å². The zero-order valence-electron chi connectivity index (χ0n) is 12.9. The van der Waals surface area contributed by atoms with Gasteiger partial charge in [0.05, 0.1) is 0 Å². The summed E-state index contributed by atoms with van der Waals surface area (Å²) in [5, 5.41) is 9.20. The number of aliphatic carboxylic acids is 1. The highest BCUT2D eigenvalue weighted by Gasteiger charge is 2.31. The van der Waals surface area contributed by atoms with Gasteiger partial charge in [-0.3, -0.25) is 9.69 Å². The summed E-state index contributed by atoms with van der Waals surface area (Å²) in [6, 6.07) is 4.29. The maximum atomic E-state index is 11.2. The van der Waals surface area contributed by atoms with Crippen LogP contribution in [-0.4, -0.2) is 35.1 Å². The van der Waals surface area contributed by atoms with Crippen LogP contribution in [0.5, 0.6) is 0 Å². The minimum absolute atomic E-state index is 0.739. The average molecular weight is 263 g/mol. The van der Waals surface area contributed by atoms with Gasteiger partial charge in [-0.25, -0.2) is 0 Å². The number of rotatable bonds is 5. The van der Waals surface area contributed by atoms with Crippen LogP contribution in [0.25, 0.3) is 0 Å². The third-order valence-electron chi connectivity index (χ3n) is 4.36. The molecule has 0 unspecified atom stereocenters. The molecule has 0 aliphatic heterocycles. The molecule has 0 saturated heterocycles. The Kier molecular flexibility index (Phi) is 4.75. The predicted molar refractivity (Wildman–Crippen MR) is 78.7 cm³/mol. The Hall–Kier alpha value is -1.35. The molecule has 0 amide bonds. The second-order valence-corrected chi connectivity index (χ2v) is 5.83. The van der Waals surface area contributed by atoms with E-state index >= 15 is 0 Å². The van der Waals surface area contributed by atoms with Crippen molar-refractivity contribution in [1.29, 1.82) is 0 Å². The Morgan fingerprint density at radius 3 is 2.32 bits per heavy atom. The van der Waals surface area contributed by atoms with Crippen LogP contribution in [0.4, 0.5) is 0 Å². The summed E-state index contributed by atoms with van der Waals surface area (Å²) < 4.78 is 0. The molecule has 1 aromatic rings. The molecule has 19 heavy (non-hydrogen) atoms. The van der Waals surface area contributed by atoms with Gasteiger partial charge in [-0.2, -0.15) is 0 Å². The number of aryl methyl sites for hydroxylation is 1. The Balaban J connectivity index is 2.78. The Bertz CT molecular complexity index is 478. The maximum absolute atomic E-state index is 11.2. The molecule has 0 spiro atoms. The predicted octanol–water partition coefficient (Wildman–Crippen LogP) is 2.95. The molecule has 0 aliphatic carbocycles. The first kappa shape index (κ1) is 15.7. The topological polar surface area (TPSA) is 40.5 Å². The average Bonchev–Trinajstić information content (AvgIpc) is 2.34. The van der Waals surface area contributed by atoms with Crippen LogP contribution >= 0.6 is 0 Å². The number of nitrogens with zero attached hydrogens (tertiary/aromatic N) is 1. The summed E-state index contributed by atoms with van der Waals surface area (Å²) in [5.74, 6) is -0.785. The van der Waals surface area contributed by atoms with E-state index in [9.17, 15) is 9.90 Å². The van der Waals surface area contributed by atoms with Crippen LogP contribution in [0, 0.1) is 20.8 Å². The molecule has 0 heterocycles. The summed E-state index contributed by atoms with van der Waals surface area (Å²) in [4.78, 5) is 13.1. The van der Waals surface area contributed by atoms with E-state index in [0.717, 1.165) is 13.0 Å². The first-order valence-corrected chi connectivity index (χ1v) is 6.68. The van der Waals surface area contributed by atoms with Gasteiger partial charge in [-0.15, -0.1) is 0 Å². The Morgan fingerprint density at radius 2 is 1.79 bits per heavy atom. The van der Waals surface area contributed by atoms with E-state index in [1.165, 1.54) is 22.3 Å². The quantitative estimate of drug-likeness (QED) is 0.888. The monoisotopic (exact) mass is 263 g/mol. The Labute approximate surface area is 116 Å². The number of likely N-dealkylation sites (N-methyl/N-ethyl adjacent to an activating group) is 1. The largest absolute Gasteiger partial charge is 0.480 e. The maximum Gasteiger partial charge on any atom is 0.323 e. The number of carboxylic acids is 1. The lowest BCUT2D eigenvalue weighted by molar-refractivity contribution is -0.148. The third kappa shape index (κ3) is 3.35. The molecule has 0 atom stereocenters. The fourth-order valence-electron chi connectivity index (χ4n) is 2.01. The number of carbonyl (C=O) groups is 1. The van der Waals surface area contributed by atoms with E-state index in [2.05, 4.69) is 32.9 Å². The minimum Gasteiger partial charge on any atom is -0.480 e. The lowest BCUT2D eigenvalue weighted by atomic mass is 9.96. The molecule has 0 radical (unpaired) electrons. The first-order valence-electron chi connectivity index (χ1n) is 6.68. The molecule has 0 aromatic heterocycles. The molecule has 1 rings (SSSR count). The van der Waals surface area contributed by atoms with E-state index in [1.54, 1.807) is 13.8 Å². The van der Waals surface area contributed by atoms with Gasteiger partial charge in [0.2, 0.25) is 0 Å². The molecule has 3 nitrogen and oxygen atoms in total. The van der Waals surface area contributed by atoms with Crippen LogP contribution in [-0.2, 0) is 11.2 Å². The Morgan fingerprint density at radius 1 is 1.21 bits per heavy atom. The number of carboxylic acid groups (broad SMARTS) is 1. The van der Waals surface area contributed by atoms with Crippen molar-refractivity contribution in [2.75, 3.05) is 13.6 Å². The van der Waals surface area contributed by atoms with Gasteiger partial charge in [0.1, 0.15) is 5.54 Å². The zero-order valence-corrected chi connectivity index (χ0v) is 12.9. The van der Waals surface area contributed by atoms with Crippen molar-refractivity contribution < 1.29 is 9.90 Å². The molecular formula is C16H25NO2. The number of hydrogen-bond acceptors (Lipinski definition) is 2. The summed E-state index contributed by atoms with van der Waals surface area (Å²) >= 11 is 0. The molecule has 0 aliphatic rings. The summed E-state index contributed by atoms with van der Waals surface area (Å²) in [6.45, 7) is 10.6. The fraction of sp³-hybridized carbons (Fsp3) is 0.562. The molecule has 0 bridgehead atoms. The fourth-order valence-corrected chi connectivity index (χ4v) is 2.01. The smallest absolute Gasteiger partial charge is 0.323 e. The molecule has 0 saturated carbocycles. The summed E-state index contributed by atoms with van der Waals surface area (Å²) in [6.07, 6.45) is 0.875. The lowest BCUT2D eigenvalue weighted by Crippen LogP contribution is -2.48. The van der Waals surface area contributed by atoms with Crippen LogP contribution in [0.1, 0.15) is 36.1 Å². The third-order valence-corrected chi connectivity index (χ3v) is 4.36. The lowest BCUT2D eigenvalue weighted by Gasteiger charge is -2.31. The second-order valence-electron chi connectivity index (χ2n) is 5.83. The highest BCUT2D eigenvalue weighted by atomic mass is 16.4. The van der Waals surface area contributed by atoms with Gasteiger partial charge in [-0.05, 0) is 70.3 Å². The van der Waals surface area contributed by atoms with Crippen molar-refractivity contribution in [2.24, 2.45) is 0 Å². The van der Waals surface area contributed by atoms with E-state index in [4.69, 9.17) is 0 Å². The molecule has 0 fully saturated rings. The van der Waals surface area contributed by atoms with Gasteiger partial charge < -0.3 is 5.11 Å². The van der Waals surface area contributed by atoms with Crippen LogP contribution in [0.3, 0.4) is 0 Å². The second kappa shape index (κ2) is 5.74. The zero-order chi connectivity index (χ0) is 14.8. The van der Waals surface area contributed by atoms with Gasteiger partial charge in [0.15, 0.2) is 0 Å². The number of benzene rings is 1. The molecule has 3 heteroatoms. The standard InChI is InChI=1S/C16H25NO2/c1-11-7-8-14(13(3)12(11)2)9-10-17(6)16(4,5)15(18)19/h7-8H,9-10H2,1-6H3,(H,18,19). The molecule has 1 aromatic carbocycles. The molecule has 106 valence electrons. The summed E-state index contributed by atoms with van der Waals surface area (Å²) in [5.41, 5.74) is 4.43. The van der Waals surface area contributed by atoms with Crippen molar-refractivity contribution >= 4 is 5.97 Å². The van der Waals surface area contributed by atoms with E-state index in [0.29, 0.717) is 0 Å².